The maximum Gasteiger partial charge on any atom is 0.138 e. The molecule has 0 amide bonds. The van der Waals surface area contributed by atoms with Crippen LogP contribution in [0.25, 0.3) is 0 Å². The van der Waals surface area contributed by atoms with E-state index in [0.29, 0.717) is 0 Å². The summed E-state index contributed by atoms with van der Waals surface area (Å²) in [6, 6.07) is 0. The summed E-state index contributed by atoms with van der Waals surface area (Å²) in [6.45, 7) is 6.61. The van der Waals surface area contributed by atoms with Crippen LogP contribution in [0.1, 0.15) is 33.1 Å². The van der Waals surface area contributed by atoms with Gasteiger partial charge in [0.25, 0.3) is 0 Å². The van der Waals surface area contributed by atoms with Crippen molar-refractivity contribution in [2.24, 2.45) is 0 Å². The van der Waals surface area contributed by atoms with Gasteiger partial charge in [0.15, 0.2) is 0 Å². The lowest BCUT2D eigenvalue weighted by Crippen LogP contribution is -2.24. The zero-order valence-electron chi connectivity index (χ0n) is 8.51. The average molecular weight is 180 g/mol. The van der Waals surface area contributed by atoms with E-state index in [1.165, 1.54) is 19.3 Å². The first-order valence-corrected chi connectivity index (χ1v) is 5.04. The Labute approximate surface area is 80.1 Å². The minimum absolute atomic E-state index is 1.09. The number of unbranched alkanes of at least 4 members (excludes halogenated alkanes) is 1. The van der Waals surface area contributed by atoms with Gasteiger partial charge in [0.1, 0.15) is 6.20 Å². The fraction of sp³-hybridized carbons (Fsp3) is 0.700. The quantitative estimate of drug-likeness (QED) is 0.728. The summed E-state index contributed by atoms with van der Waals surface area (Å²) >= 11 is 0. The van der Waals surface area contributed by atoms with E-state index in [1.54, 1.807) is 0 Å². The predicted molar refractivity (Wildman–Crippen MR) is 54.8 cm³/mol. The summed E-state index contributed by atoms with van der Waals surface area (Å²) < 4.78 is 0. The van der Waals surface area contributed by atoms with Crippen molar-refractivity contribution in [1.82, 2.24) is 10.2 Å². The highest BCUT2D eigenvalue weighted by molar-refractivity contribution is 5.40. The van der Waals surface area contributed by atoms with Crippen molar-refractivity contribution < 1.29 is 0 Å². The molecule has 0 fully saturated rings. The fourth-order valence-corrected chi connectivity index (χ4v) is 1.35. The number of aromatic nitrogens is 2. The summed E-state index contributed by atoms with van der Waals surface area (Å²) in [5.74, 6) is 0. The molecule has 0 aliphatic carbocycles. The third-order valence-electron chi connectivity index (χ3n) is 2.05. The van der Waals surface area contributed by atoms with Crippen LogP contribution in [0.5, 0.6) is 0 Å². The maximum atomic E-state index is 3.84. The van der Waals surface area contributed by atoms with Gasteiger partial charge < -0.3 is 4.90 Å². The van der Waals surface area contributed by atoms with Gasteiger partial charge in [-0.15, -0.1) is 0 Å². The van der Waals surface area contributed by atoms with Gasteiger partial charge in [0.2, 0.25) is 0 Å². The van der Waals surface area contributed by atoms with E-state index in [4.69, 9.17) is 0 Å². The molecule has 1 radical (unpaired) electrons. The fourth-order valence-electron chi connectivity index (χ4n) is 1.35. The van der Waals surface area contributed by atoms with Crippen molar-refractivity contribution in [2.45, 2.75) is 33.1 Å². The molecule has 0 aromatic carbocycles. The Morgan fingerprint density at radius 3 is 2.77 bits per heavy atom. The van der Waals surface area contributed by atoms with Crippen molar-refractivity contribution in [3.63, 3.8) is 0 Å². The number of aromatic amines is 1. The molecule has 1 N–H and O–H groups in total. The summed E-state index contributed by atoms with van der Waals surface area (Å²) in [7, 11) is 0. The van der Waals surface area contributed by atoms with Gasteiger partial charge in [0, 0.05) is 19.3 Å². The number of rotatable bonds is 6. The molecular weight excluding hydrogens is 162 g/mol. The standard InChI is InChI=1S/C10H18N3/c1-3-5-7-13(6-4-2)10-8-11-12-9-10/h8H,3-7H2,1-2H3,(H,11,12). The van der Waals surface area contributed by atoms with Gasteiger partial charge in [-0.3, -0.25) is 5.10 Å². The molecule has 1 aromatic heterocycles. The molecule has 0 aliphatic rings. The highest BCUT2D eigenvalue weighted by Crippen LogP contribution is 2.11. The second-order valence-corrected chi connectivity index (χ2v) is 3.22. The predicted octanol–water partition coefficient (Wildman–Crippen LogP) is 2.23. The summed E-state index contributed by atoms with van der Waals surface area (Å²) in [5.41, 5.74) is 1.09. The van der Waals surface area contributed by atoms with E-state index in [2.05, 4.69) is 35.1 Å². The second kappa shape index (κ2) is 5.62. The number of nitrogens with one attached hydrogen (secondary N) is 1. The van der Waals surface area contributed by atoms with Crippen molar-refractivity contribution >= 4 is 5.69 Å². The van der Waals surface area contributed by atoms with E-state index in [1.807, 2.05) is 6.20 Å². The molecule has 0 bridgehead atoms. The Hall–Kier alpha value is -0.990. The molecule has 0 unspecified atom stereocenters. The normalized spacial score (nSPS) is 10.3. The molecular formula is C10H18N3. The zero-order chi connectivity index (χ0) is 9.52. The first-order valence-electron chi connectivity index (χ1n) is 5.04. The lowest BCUT2D eigenvalue weighted by atomic mass is 10.3. The third kappa shape index (κ3) is 3.09. The Morgan fingerprint density at radius 1 is 1.38 bits per heavy atom. The van der Waals surface area contributed by atoms with Gasteiger partial charge in [-0.25, -0.2) is 0 Å². The lowest BCUT2D eigenvalue weighted by molar-refractivity contribution is 0.704. The van der Waals surface area contributed by atoms with Crippen molar-refractivity contribution in [3.05, 3.63) is 12.4 Å². The zero-order valence-corrected chi connectivity index (χ0v) is 8.51. The molecule has 13 heavy (non-hydrogen) atoms. The van der Waals surface area contributed by atoms with Crippen LogP contribution in [0, 0.1) is 6.20 Å². The summed E-state index contributed by atoms with van der Waals surface area (Å²) in [6.07, 6.45) is 8.50. The van der Waals surface area contributed by atoms with E-state index >= 15 is 0 Å². The molecule has 3 heteroatoms. The van der Waals surface area contributed by atoms with Gasteiger partial charge >= 0.3 is 0 Å². The number of hydrogen-bond donors (Lipinski definition) is 1. The van der Waals surface area contributed by atoms with Crippen LogP contribution in [0.2, 0.25) is 0 Å². The number of nitrogens with zero attached hydrogens (tertiary/aromatic N) is 2. The second-order valence-electron chi connectivity index (χ2n) is 3.22. The van der Waals surface area contributed by atoms with E-state index in [0.717, 1.165) is 18.8 Å². The topological polar surface area (TPSA) is 31.9 Å². The number of H-pyrrole nitrogens is 1. The summed E-state index contributed by atoms with van der Waals surface area (Å²) in [5, 5.41) is 6.64. The minimum atomic E-state index is 1.09. The van der Waals surface area contributed by atoms with Crippen molar-refractivity contribution in [2.75, 3.05) is 18.0 Å². The van der Waals surface area contributed by atoms with Crippen LogP contribution in [-0.4, -0.2) is 23.3 Å². The smallest absolute Gasteiger partial charge is 0.138 e. The molecule has 0 aliphatic heterocycles. The van der Waals surface area contributed by atoms with Gasteiger partial charge in [-0.2, -0.15) is 5.10 Å². The monoisotopic (exact) mass is 180 g/mol. The molecule has 0 saturated heterocycles. The molecule has 1 heterocycles. The van der Waals surface area contributed by atoms with Crippen molar-refractivity contribution in [1.29, 1.82) is 0 Å². The Bertz CT molecular complexity index is 206. The molecule has 1 rings (SSSR count). The lowest BCUT2D eigenvalue weighted by Gasteiger charge is -2.21. The number of hydrogen-bond acceptors (Lipinski definition) is 2. The minimum Gasteiger partial charge on any atom is -0.368 e. The average Bonchev–Trinajstić information content (AvgIpc) is 2.65. The highest BCUT2D eigenvalue weighted by atomic mass is 15.2. The third-order valence-corrected chi connectivity index (χ3v) is 2.05. The highest BCUT2D eigenvalue weighted by Gasteiger charge is 2.05. The molecule has 0 atom stereocenters. The SMILES string of the molecule is CCCCN(CCC)c1[c]n[nH]c1. The first-order chi connectivity index (χ1) is 6.38. The largest absolute Gasteiger partial charge is 0.368 e. The van der Waals surface area contributed by atoms with Gasteiger partial charge in [-0.05, 0) is 12.8 Å². The Morgan fingerprint density at radius 2 is 2.23 bits per heavy atom. The van der Waals surface area contributed by atoms with Gasteiger partial charge in [-0.1, -0.05) is 20.3 Å². The van der Waals surface area contributed by atoms with E-state index < -0.39 is 0 Å². The number of anilines is 1. The summed E-state index contributed by atoms with van der Waals surface area (Å²) in [4.78, 5) is 2.33. The molecule has 0 spiro atoms. The van der Waals surface area contributed by atoms with Crippen LogP contribution < -0.4 is 4.90 Å². The van der Waals surface area contributed by atoms with Crippen LogP contribution in [0.4, 0.5) is 5.69 Å². The molecule has 1 aromatic rings. The van der Waals surface area contributed by atoms with Crippen LogP contribution in [0.15, 0.2) is 6.20 Å². The molecule has 73 valence electrons. The van der Waals surface area contributed by atoms with Crippen LogP contribution in [0.3, 0.4) is 0 Å². The first kappa shape index (κ1) is 10.1. The van der Waals surface area contributed by atoms with Gasteiger partial charge in [0.05, 0.1) is 5.69 Å². The Kier molecular flexibility index (Phi) is 4.36. The van der Waals surface area contributed by atoms with E-state index in [9.17, 15) is 0 Å². The van der Waals surface area contributed by atoms with Crippen LogP contribution >= 0.6 is 0 Å². The Balaban J connectivity index is 2.47. The maximum absolute atomic E-state index is 3.84. The van der Waals surface area contributed by atoms with Crippen LogP contribution in [-0.2, 0) is 0 Å². The molecule has 0 saturated carbocycles. The van der Waals surface area contributed by atoms with Crippen molar-refractivity contribution in [3.8, 4) is 0 Å². The molecule has 3 nitrogen and oxygen atoms in total. The van der Waals surface area contributed by atoms with E-state index in [-0.39, 0.29) is 0 Å².